The first-order valence-electron chi connectivity index (χ1n) is 16.9. The van der Waals surface area contributed by atoms with Crippen molar-refractivity contribution in [2.75, 3.05) is 6.61 Å². The number of carbonyl (C=O) groups excluding carboxylic acids is 1. The molecule has 3 nitrogen and oxygen atoms in total. The summed E-state index contributed by atoms with van der Waals surface area (Å²) in [4.78, 5) is 12.8. The Balaban J connectivity index is 1.46. The Morgan fingerprint density at radius 2 is 1.24 bits per heavy atom. The van der Waals surface area contributed by atoms with Gasteiger partial charge in [0.05, 0.1) is 6.61 Å². The third-order valence-electron chi connectivity index (χ3n) is 10.6. The zero-order valence-electron chi connectivity index (χ0n) is 25.1. The van der Waals surface area contributed by atoms with Gasteiger partial charge in [0.2, 0.25) is 0 Å². The fourth-order valence-corrected chi connectivity index (χ4v) is 7.82. The molecular formula is C34H62O3. The van der Waals surface area contributed by atoms with E-state index in [-0.39, 0.29) is 11.8 Å². The number of ether oxygens (including phenoxy) is 2. The van der Waals surface area contributed by atoms with E-state index in [2.05, 4.69) is 20.8 Å². The van der Waals surface area contributed by atoms with Crippen LogP contribution in [0.1, 0.15) is 168 Å². The third kappa shape index (κ3) is 11.1. The predicted molar refractivity (Wildman–Crippen MR) is 156 cm³/mol. The average molecular weight is 519 g/mol. The van der Waals surface area contributed by atoms with Gasteiger partial charge in [-0.1, -0.05) is 111 Å². The maximum Gasteiger partial charge on any atom is 0.508 e. The van der Waals surface area contributed by atoms with Gasteiger partial charge in [-0.25, -0.2) is 4.79 Å². The summed E-state index contributed by atoms with van der Waals surface area (Å²) in [6.07, 6.45) is 29.2. The number of carbonyl (C=O) groups is 1. The van der Waals surface area contributed by atoms with E-state index in [0.29, 0.717) is 6.61 Å². The molecule has 0 radical (unpaired) electrons. The summed E-state index contributed by atoms with van der Waals surface area (Å²) < 4.78 is 11.9. The Kier molecular flexibility index (Phi) is 14.2. The topological polar surface area (TPSA) is 35.5 Å². The highest BCUT2D eigenvalue weighted by molar-refractivity contribution is 5.60. The molecule has 216 valence electrons. The van der Waals surface area contributed by atoms with Gasteiger partial charge in [-0.2, -0.15) is 0 Å². The minimum Gasteiger partial charge on any atom is -0.434 e. The summed E-state index contributed by atoms with van der Waals surface area (Å²) in [5, 5.41) is 0. The van der Waals surface area contributed by atoms with Crippen molar-refractivity contribution in [1.29, 1.82) is 0 Å². The van der Waals surface area contributed by atoms with E-state index in [1.165, 1.54) is 116 Å². The molecular weight excluding hydrogens is 456 g/mol. The number of hydrogen-bond donors (Lipinski definition) is 0. The van der Waals surface area contributed by atoms with Gasteiger partial charge in [0.1, 0.15) is 5.60 Å². The van der Waals surface area contributed by atoms with E-state index in [9.17, 15) is 4.79 Å². The summed E-state index contributed by atoms with van der Waals surface area (Å²) in [7, 11) is 0. The highest BCUT2D eigenvalue weighted by Crippen LogP contribution is 2.46. The van der Waals surface area contributed by atoms with Crippen LogP contribution in [-0.2, 0) is 9.47 Å². The average Bonchev–Trinajstić information content (AvgIpc) is 2.91. The second kappa shape index (κ2) is 17.1. The van der Waals surface area contributed by atoms with Crippen molar-refractivity contribution >= 4 is 6.16 Å². The minimum atomic E-state index is -0.389. The lowest BCUT2D eigenvalue weighted by molar-refractivity contribution is -0.0751. The summed E-state index contributed by atoms with van der Waals surface area (Å²) in [6, 6.07) is 0. The number of rotatable bonds is 15. The molecule has 3 fully saturated rings. The highest BCUT2D eigenvalue weighted by atomic mass is 16.7. The van der Waals surface area contributed by atoms with Crippen molar-refractivity contribution in [3.63, 3.8) is 0 Å². The van der Waals surface area contributed by atoms with E-state index in [1.807, 2.05) is 0 Å². The van der Waals surface area contributed by atoms with E-state index < -0.39 is 0 Å². The monoisotopic (exact) mass is 518 g/mol. The second-order valence-corrected chi connectivity index (χ2v) is 13.6. The van der Waals surface area contributed by atoms with Crippen molar-refractivity contribution < 1.29 is 14.3 Å². The van der Waals surface area contributed by atoms with E-state index in [1.54, 1.807) is 0 Å². The molecule has 3 aliphatic rings. The molecule has 0 unspecified atom stereocenters. The Hall–Kier alpha value is -0.730. The molecule has 3 heteroatoms. The lowest BCUT2D eigenvalue weighted by Crippen LogP contribution is -2.41. The van der Waals surface area contributed by atoms with E-state index in [4.69, 9.17) is 9.47 Å². The SMILES string of the molecule is CCCCCCCOC(=O)OC1(CCC2CCC(CCCCC)CC2)CCC(C2CCC(C)CC2)CC1. The van der Waals surface area contributed by atoms with Crippen LogP contribution >= 0.6 is 0 Å². The molecule has 0 aromatic carbocycles. The molecule has 0 spiro atoms. The van der Waals surface area contributed by atoms with Crippen LogP contribution in [0.3, 0.4) is 0 Å². The van der Waals surface area contributed by atoms with Crippen molar-refractivity contribution in [3.05, 3.63) is 0 Å². The number of hydrogen-bond acceptors (Lipinski definition) is 3. The zero-order chi connectivity index (χ0) is 26.3. The van der Waals surface area contributed by atoms with Gasteiger partial charge >= 0.3 is 6.16 Å². The molecule has 0 amide bonds. The predicted octanol–water partition coefficient (Wildman–Crippen LogP) is 11.0. The van der Waals surface area contributed by atoms with Crippen molar-refractivity contribution in [2.24, 2.45) is 29.6 Å². The van der Waals surface area contributed by atoms with Crippen LogP contribution in [0, 0.1) is 29.6 Å². The van der Waals surface area contributed by atoms with Gasteiger partial charge in [0.25, 0.3) is 0 Å². The van der Waals surface area contributed by atoms with Crippen molar-refractivity contribution in [2.45, 2.75) is 174 Å². The van der Waals surface area contributed by atoms with E-state index in [0.717, 1.165) is 61.7 Å². The summed E-state index contributed by atoms with van der Waals surface area (Å²) >= 11 is 0. The van der Waals surface area contributed by atoms with Crippen LogP contribution in [0.4, 0.5) is 4.79 Å². The van der Waals surface area contributed by atoms with Crippen molar-refractivity contribution in [1.82, 2.24) is 0 Å². The van der Waals surface area contributed by atoms with Crippen LogP contribution in [0.2, 0.25) is 0 Å². The Morgan fingerprint density at radius 1 is 0.676 bits per heavy atom. The minimum absolute atomic E-state index is 0.268. The first-order valence-corrected chi connectivity index (χ1v) is 16.9. The molecule has 0 aromatic heterocycles. The lowest BCUT2D eigenvalue weighted by atomic mass is 9.67. The highest BCUT2D eigenvalue weighted by Gasteiger charge is 2.42. The standard InChI is InChI=1S/C34H62O3/c1-4-6-8-9-11-27-36-33(35)37-34(24-21-30-17-15-29(16-18-30)12-10-7-5-2)25-22-32(23-26-34)31-19-13-28(3)14-20-31/h28-32H,4-27H2,1-3H3. The fraction of sp³-hybridized carbons (Fsp3) is 0.971. The number of unbranched alkanes of at least 4 members (excludes halogenated alkanes) is 6. The van der Waals surface area contributed by atoms with Crippen LogP contribution in [0.25, 0.3) is 0 Å². The molecule has 0 saturated heterocycles. The normalized spacial score (nSPS) is 32.7. The van der Waals surface area contributed by atoms with Gasteiger partial charge in [-0.15, -0.1) is 0 Å². The largest absolute Gasteiger partial charge is 0.508 e. The quantitative estimate of drug-likeness (QED) is 0.160. The molecule has 0 N–H and O–H groups in total. The molecule has 0 heterocycles. The smallest absolute Gasteiger partial charge is 0.434 e. The summed E-state index contributed by atoms with van der Waals surface area (Å²) in [5.74, 6) is 4.47. The second-order valence-electron chi connectivity index (χ2n) is 13.6. The van der Waals surface area contributed by atoms with Crippen LogP contribution in [0.15, 0.2) is 0 Å². The van der Waals surface area contributed by atoms with Gasteiger partial charge in [0, 0.05) is 0 Å². The van der Waals surface area contributed by atoms with Crippen LogP contribution in [-0.4, -0.2) is 18.4 Å². The van der Waals surface area contributed by atoms with Crippen LogP contribution in [0.5, 0.6) is 0 Å². The Labute approximate surface area is 230 Å². The van der Waals surface area contributed by atoms with Crippen molar-refractivity contribution in [3.8, 4) is 0 Å². The molecule has 0 aliphatic heterocycles. The Bertz CT molecular complexity index is 592. The Morgan fingerprint density at radius 3 is 1.89 bits per heavy atom. The maximum atomic E-state index is 12.8. The maximum absolute atomic E-state index is 12.8. The summed E-state index contributed by atoms with van der Waals surface area (Å²) in [6.45, 7) is 7.48. The lowest BCUT2D eigenvalue weighted by Gasteiger charge is -2.43. The first-order chi connectivity index (χ1) is 18.0. The van der Waals surface area contributed by atoms with Gasteiger partial charge in [-0.3, -0.25) is 0 Å². The molecule has 3 rings (SSSR count). The first kappa shape index (κ1) is 30.8. The fourth-order valence-electron chi connectivity index (χ4n) is 7.82. The zero-order valence-corrected chi connectivity index (χ0v) is 25.1. The van der Waals surface area contributed by atoms with Gasteiger partial charge < -0.3 is 9.47 Å². The molecule has 0 bridgehead atoms. The molecule has 3 saturated carbocycles. The molecule has 3 aliphatic carbocycles. The van der Waals surface area contributed by atoms with Gasteiger partial charge in [-0.05, 0) is 87.4 Å². The van der Waals surface area contributed by atoms with E-state index >= 15 is 0 Å². The molecule has 37 heavy (non-hydrogen) atoms. The van der Waals surface area contributed by atoms with Crippen LogP contribution < -0.4 is 0 Å². The summed E-state index contributed by atoms with van der Waals surface area (Å²) in [5.41, 5.74) is -0.268. The molecule has 0 atom stereocenters. The molecule has 0 aromatic rings. The third-order valence-corrected chi connectivity index (χ3v) is 10.6. The van der Waals surface area contributed by atoms with Gasteiger partial charge in [0.15, 0.2) is 0 Å².